The number of nitrogens with one attached hydrogen (secondary N) is 1. The lowest BCUT2D eigenvalue weighted by Crippen LogP contribution is -2.43. The molecule has 0 radical (unpaired) electrons. The Morgan fingerprint density at radius 2 is 2.11 bits per heavy atom. The summed E-state index contributed by atoms with van der Waals surface area (Å²) in [5.74, 6) is 0.358. The van der Waals surface area contributed by atoms with Crippen molar-refractivity contribution in [1.82, 2.24) is 14.5 Å². The minimum Gasteiger partial charge on any atom is -0.300 e. The van der Waals surface area contributed by atoms with Gasteiger partial charge in [0.2, 0.25) is 21.1 Å². The van der Waals surface area contributed by atoms with Gasteiger partial charge in [-0.15, -0.1) is 10.2 Å². The fraction of sp³-hybridized carbons (Fsp3) is 0.471. The fourth-order valence-electron chi connectivity index (χ4n) is 2.83. The number of hydrogen-bond acceptors (Lipinski definition) is 7. The molecule has 0 spiro atoms. The van der Waals surface area contributed by atoms with Gasteiger partial charge in [-0.1, -0.05) is 48.2 Å². The molecular weight excluding hydrogens is 404 g/mol. The van der Waals surface area contributed by atoms with Gasteiger partial charge in [-0.3, -0.25) is 4.79 Å². The van der Waals surface area contributed by atoms with Gasteiger partial charge in [-0.2, -0.15) is 4.31 Å². The first-order valence-electron chi connectivity index (χ1n) is 8.83. The standard InChI is InChI=1S/C17H22N4O3S3/c1-2-11-25-17-20-19-16(26-17)18-15(22)13-7-6-10-21(12-13)27(23,24)14-8-4-3-5-9-14/h3-5,8-9,13H,2,6-7,10-12H2,1H3,(H,18,19,22). The third-order valence-electron chi connectivity index (χ3n) is 4.20. The Balaban J connectivity index is 1.63. The van der Waals surface area contributed by atoms with Gasteiger partial charge in [0.05, 0.1) is 10.8 Å². The third-order valence-corrected chi connectivity index (χ3v) is 8.26. The molecule has 10 heteroatoms. The summed E-state index contributed by atoms with van der Waals surface area (Å²) >= 11 is 2.96. The van der Waals surface area contributed by atoms with Crippen molar-refractivity contribution in [2.75, 3.05) is 24.2 Å². The number of rotatable bonds is 7. The Hall–Kier alpha value is -1.49. The van der Waals surface area contributed by atoms with Crippen LogP contribution in [0.5, 0.6) is 0 Å². The summed E-state index contributed by atoms with van der Waals surface area (Å²) in [5, 5.41) is 11.3. The van der Waals surface area contributed by atoms with Crippen molar-refractivity contribution in [3.05, 3.63) is 30.3 Å². The Morgan fingerprint density at radius 3 is 2.85 bits per heavy atom. The van der Waals surface area contributed by atoms with Gasteiger partial charge < -0.3 is 5.32 Å². The van der Waals surface area contributed by atoms with E-state index in [1.807, 2.05) is 0 Å². The zero-order chi connectivity index (χ0) is 19.3. The molecule has 1 N–H and O–H groups in total. The molecule has 1 aromatic carbocycles. The summed E-state index contributed by atoms with van der Waals surface area (Å²) in [6.45, 7) is 2.70. The summed E-state index contributed by atoms with van der Waals surface area (Å²) in [6.07, 6.45) is 2.35. The van der Waals surface area contributed by atoms with E-state index in [2.05, 4.69) is 22.4 Å². The maximum Gasteiger partial charge on any atom is 0.243 e. The summed E-state index contributed by atoms with van der Waals surface area (Å²) in [6, 6.07) is 8.33. The summed E-state index contributed by atoms with van der Waals surface area (Å²) in [7, 11) is -3.58. The van der Waals surface area contributed by atoms with Crippen LogP contribution in [0.2, 0.25) is 0 Å². The van der Waals surface area contributed by atoms with Gasteiger partial charge in [0.1, 0.15) is 0 Å². The van der Waals surface area contributed by atoms with E-state index < -0.39 is 15.9 Å². The second kappa shape index (κ2) is 9.13. The Kier molecular flexibility index (Phi) is 6.85. The molecule has 1 aliphatic rings. The number of carbonyl (C=O) groups excluding carboxylic acids is 1. The molecule has 0 bridgehead atoms. The van der Waals surface area contributed by atoms with E-state index in [0.29, 0.717) is 24.5 Å². The quantitative estimate of drug-likeness (QED) is 0.540. The van der Waals surface area contributed by atoms with Crippen LogP contribution in [0.15, 0.2) is 39.6 Å². The van der Waals surface area contributed by atoms with Crippen LogP contribution in [0.3, 0.4) is 0 Å². The number of sulfonamides is 1. The zero-order valence-corrected chi connectivity index (χ0v) is 17.4. The summed E-state index contributed by atoms with van der Waals surface area (Å²) < 4.78 is 27.8. The molecule has 27 heavy (non-hydrogen) atoms. The lowest BCUT2D eigenvalue weighted by molar-refractivity contribution is -0.120. The molecule has 0 aliphatic carbocycles. The topological polar surface area (TPSA) is 92.3 Å². The molecule has 1 aromatic heterocycles. The van der Waals surface area contributed by atoms with Crippen molar-refractivity contribution >= 4 is 44.2 Å². The Morgan fingerprint density at radius 1 is 1.33 bits per heavy atom. The predicted molar refractivity (Wildman–Crippen MR) is 107 cm³/mol. The molecule has 0 saturated carbocycles. The number of hydrogen-bond donors (Lipinski definition) is 1. The van der Waals surface area contributed by atoms with Gasteiger partial charge in [0.25, 0.3) is 0 Å². The number of piperidine rings is 1. The lowest BCUT2D eigenvalue weighted by atomic mass is 9.99. The molecule has 1 atom stereocenters. The SMILES string of the molecule is CCCSc1nnc(NC(=O)C2CCCN(S(=O)(=O)c3ccccc3)C2)s1. The van der Waals surface area contributed by atoms with Crippen LogP contribution in [0.25, 0.3) is 0 Å². The van der Waals surface area contributed by atoms with Crippen molar-refractivity contribution < 1.29 is 13.2 Å². The first-order chi connectivity index (χ1) is 13.0. The Bertz CT molecular complexity index is 871. The summed E-state index contributed by atoms with van der Waals surface area (Å²) in [5.41, 5.74) is 0. The van der Waals surface area contributed by atoms with Gasteiger partial charge >= 0.3 is 0 Å². The van der Waals surface area contributed by atoms with Gasteiger partial charge in [0, 0.05) is 18.8 Å². The van der Waals surface area contributed by atoms with Crippen LogP contribution in [-0.2, 0) is 14.8 Å². The molecule has 3 rings (SSSR count). The molecule has 1 amide bonds. The molecule has 7 nitrogen and oxygen atoms in total. The number of thioether (sulfide) groups is 1. The van der Waals surface area contributed by atoms with Gasteiger partial charge in [-0.05, 0) is 31.4 Å². The molecule has 1 fully saturated rings. The van der Waals surface area contributed by atoms with E-state index in [0.717, 1.165) is 16.5 Å². The van der Waals surface area contributed by atoms with Crippen LogP contribution in [0.1, 0.15) is 26.2 Å². The van der Waals surface area contributed by atoms with Crippen molar-refractivity contribution in [1.29, 1.82) is 0 Å². The van der Waals surface area contributed by atoms with Gasteiger partial charge in [-0.25, -0.2) is 8.42 Å². The molecule has 2 aromatic rings. The normalized spacial score (nSPS) is 18.3. The average Bonchev–Trinajstić information content (AvgIpc) is 3.14. The van der Waals surface area contributed by atoms with Crippen molar-refractivity contribution in [3.63, 3.8) is 0 Å². The molecule has 146 valence electrons. The monoisotopic (exact) mass is 426 g/mol. The minimum absolute atomic E-state index is 0.180. The van der Waals surface area contributed by atoms with Crippen LogP contribution in [-0.4, -0.2) is 47.7 Å². The van der Waals surface area contributed by atoms with Crippen LogP contribution >= 0.6 is 23.1 Å². The van der Waals surface area contributed by atoms with Crippen molar-refractivity contribution in [3.8, 4) is 0 Å². The Labute approximate surface area is 167 Å². The number of amides is 1. The average molecular weight is 427 g/mol. The smallest absolute Gasteiger partial charge is 0.243 e. The fourth-order valence-corrected chi connectivity index (χ4v) is 6.06. The van der Waals surface area contributed by atoms with E-state index in [4.69, 9.17) is 0 Å². The largest absolute Gasteiger partial charge is 0.300 e. The first-order valence-corrected chi connectivity index (χ1v) is 12.1. The van der Waals surface area contributed by atoms with Crippen LogP contribution in [0, 0.1) is 5.92 Å². The number of carbonyl (C=O) groups is 1. The molecular formula is C17H22N4O3S3. The number of benzene rings is 1. The highest BCUT2D eigenvalue weighted by Crippen LogP contribution is 2.28. The molecule has 1 saturated heterocycles. The second-order valence-electron chi connectivity index (χ2n) is 6.23. The number of anilines is 1. The van der Waals surface area contributed by atoms with Gasteiger partial charge in [0.15, 0.2) is 4.34 Å². The van der Waals surface area contributed by atoms with Crippen LogP contribution in [0.4, 0.5) is 5.13 Å². The third kappa shape index (κ3) is 5.07. The lowest BCUT2D eigenvalue weighted by Gasteiger charge is -2.31. The zero-order valence-electron chi connectivity index (χ0n) is 15.0. The molecule has 2 heterocycles. The molecule has 1 unspecified atom stereocenters. The van der Waals surface area contributed by atoms with E-state index in [1.165, 1.54) is 15.6 Å². The van der Waals surface area contributed by atoms with Crippen molar-refractivity contribution in [2.24, 2.45) is 5.92 Å². The maximum atomic E-state index is 12.8. The van der Waals surface area contributed by atoms with Crippen LogP contribution < -0.4 is 5.32 Å². The summed E-state index contributed by atoms with van der Waals surface area (Å²) in [4.78, 5) is 12.9. The molecule has 1 aliphatic heterocycles. The van der Waals surface area contributed by atoms with E-state index in [1.54, 1.807) is 42.1 Å². The highest BCUT2D eigenvalue weighted by Gasteiger charge is 2.33. The highest BCUT2D eigenvalue weighted by molar-refractivity contribution is 8.01. The van der Waals surface area contributed by atoms with Crippen molar-refractivity contribution in [2.45, 2.75) is 35.4 Å². The van der Waals surface area contributed by atoms with E-state index in [9.17, 15) is 13.2 Å². The minimum atomic E-state index is -3.58. The highest BCUT2D eigenvalue weighted by atomic mass is 32.2. The van der Waals surface area contributed by atoms with E-state index >= 15 is 0 Å². The number of aromatic nitrogens is 2. The van der Waals surface area contributed by atoms with E-state index in [-0.39, 0.29) is 17.3 Å². The predicted octanol–water partition coefficient (Wildman–Crippen LogP) is 3.08. The maximum absolute atomic E-state index is 12.8. The first kappa shape index (κ1) is 20.2. The second-order valence-corrected chi connectivity index (χ2v) is 10.5. The number of nitrogens with zero attached hydrogens (tertiary/aromatic N) is 3.